The molecule has 1 heterocycles. The van der Waals surface area contributed by atoms with Crippen LogP contribution in [-0.2, 0) is 6.61 Å². The molecule has 0 atom stereocenters. The topological polar surface area (TPSA) is 63.8 Å². The van der Waals surface area contributed by atoms with E-state index < -0.39 is 5.91 Å². The van der Waals surface area contributed by atoms with Crippen molar-refractivity contribution in [2.45, 2.75) is 13.5 Å². The molecule has 5 heteroatoms. The largest absolute Gasteiger partial charge is 0.489 e. The van der Waals surface area contributed by atoms with Crippen LogP contribution in [0.1, 0.15) is 27.4 Å². The molecule has 0 aliphatic carbocycles. The lowest BCUT2D eigenvalue weighted by Crippen LogP contribution is -2.16. The lowest BCUT2D eigenvalue weighted by atomic mass is 10.1. The Labute approximate surface area is 168 Å². The number of furan rings is 1. The van der Waals surface area contributed by atoms with Crippen molar-refractivity contribution in [2.75, 3.05) is 0 Å². The summed E-state index contributed by atoms with van der Waals surface area (Å²) >= 11 is 0. The van der Waals surface area contributed by atoms with Gasteiger partial charge < -0.3 is 9.15 Å². The van der Waals surface area contributed by atoms with Crippen LogP contribution in [0, 0.1) is 6.92 Å². The van der Waals surface area contributed by atoms with Crippen molar-refractivity contribution in [2.24, 2.45) is 5.10 Å². The molecule has 4 rings (SSSR count). The minimum atomic E-state index is -0.391. The Kier molecular flexibility index (Phi) is 5.38. The van der Waals surface area contributed by atoms with Crippen LogP contribution in [0.15, 0.2) is 88.4 Å². The van der Waals surface area contributed by atoms with Crippen LogP contribution in [0.25, 0.3) is 10.8 Å². The molecule has 0 aliphatic rings. The number of carbonyl (C=O) groups excluding carboxylic acids is 1. The zero-order valence-electron chi connectivity index (χ0n) is 16.0. The molecular weight excluding hydrogens is 364 g/mol. The number of ether oxygens (including phenoxy) is 1. The van der Waals surface area contributed by atoms with E-state index in [0.717, 1.165) is 16.9 Å². The van der Waals surface area contributed by atoms with Crippen LogP contribution in [0.4, 0.5) is 0 Å². The highest BCUT2D eigenvalue weighted by molar-refractivity contribution is 5.92. The van der Waals surface area contributed by atoms with E-state index in [1.54, 1.807) is 25.3 Å². The van der Waals surface area contributed by atoms with Gasteiger partial charge in [0.2, 0.25) is 0 Å². The molecule has 3 aromatic carbocycles. The van der Waals surface area contributed by atoms with Crippen LogP contribution in [0.3, 0.4) is 0 Å². The Morgan fingerprint density at radius 3 is 2.72 bits per heavy atom. The maximum absolute atomic E-state index is 11.9. The molecule has 0 spiro atoms. The number of nitrogens with zero attached hydrogens (tertiary/aromatic N) is 1. The summed E-state index contributed by atoms with van der Waals surface area (Å²) in [6.07, 6.45) is 1.57. The second-order valence-electron chi connectivity index (χ2n) is 6.61. The first-order valence-corrected chi connectivity index (χ1v) is 9.28. The first-order chi connectivity index (χ1) is 14.2. The van der Waals surface area contributed by atoms with Crippen molar-refractivity contribution in [1.82, 2.24) is 5.43 Å². The summed E-state index contributed by atoms with van der Waals surface area (Å²) < 4.78 is 11.2. The van der Waals surface area contributed by atoms with E-state index in [1.165, 1.54) is 10.8 Å². The van der Waals surface area contributed by atoms with Gasteiger partial charge >= 0.3 is 5.91 Å². The number of hydrazone groups is 1. The van der Waals surface area contributed by atoms with Gasteiger partial charge in [0.15, 0.2) is 5.76 Å². The van der Waals surface area contributed by atoms with Gasteiger partial charge in [0.05, 0.1) is 6.21 Å². The monoisotopic (exact) mass is 384 g/mol. The average Bonchev–Trinajstić information content (AvgIpc) is 3.19. The van der Waals surface area contributed by atoms with Crippen molar-refractivity contribution in [3.63, 3.8) is 0 Å². The molecule has 0 unspecified atom stereocenters. The standard InChI is InChI=1S/C24H20N2O3/c1-17-12-13-23(29-17)24(27)26-25-15-18-6-4-10-21(14-18)28-16-20-9-5-8-19-7-2-3-11-22(19)20/h2-15H,16H2,1H3,(H,26,27)/b25-15-. The highest BCUT2D eigenvalue weighted by Gasteiger charge is 2.08. The smallest absolute Gasteiger partial charge is 0.307 e. The van der Waals surface area contributed by atoms with E-state index in [2.05, 4.69) is 34.8 Å². The van der Waals surface area contributed by atoms with E-state index >= 15 is 0 Å². The van der Waals surface area contributed by atoms with Gasteiger partial charge in [-0.25, -0.2) is 5.43 Å². The SMILES string of the molecule is Cc1ccc(C(=O)N/N=C\c2cccc(OCc3cccc4ccccc34)c2)o1. The molecule has 0 bridgehead atoms. The molecule has 29 heavy (non-hydrogen) atoms. The fraction of sp³-hybridized carbons (Fsp3) is 0.0833. The molecule has 1 N–H and O–H groups in total. The molecule has 0 saturated carbocycles. The number of carbonyl (C=O) groups is 1. The second kappa shape index (κ2) is 8.44. The Hall–Kier alpha value is -3.86. The molecule has 0 fully saturated rings. The number of nitrogens with one attached hydrogen (secondary N) is 1. The van der Waals surface area contributed by atoms with Gasteiger partial charge in [-0.3, -0.25) is 4.79 Å². The van der Waals surface area contributed by atoms with Crippen LogP contribution in [0.5, 0.6) is 5.75 Å². The van der Waals surface area contributed by atoms with Crippen molar-refractivity contribution < 1.29 is 13.9 Å². The van der Waals surface area contributed by atoms with Crippen molar-refractivity contribution in [1.29, 1.82) is 0 Å². The second-order valence-corrected chi connectivity index (χ2v) is 6.61. The maximum atomic E-state index is 11.9. The van der Waals surface area contributed by atoms with Crippen LogP contribution in [-0.4, -0.2) is 12.1 Å². The zero-order chi connectivity index (χ0) is 20.1. The van der Waals surface area contributed by atoms with E-state index in [4.69, 9.17) is 9.15 Å². The number of amides is 1. The summed E-state index contributed by atoms with van der Waals surface area (Å²) in [5, 5.41) is 6.36. The van der Waals surface area contributed by atoms with Gasteiger partial charge in [0.1, 0.15) is 18.1 Å². The molecular formula is C24H20N2O3. The Bertz CT molecular complexity index is 1170. The zero-order valence-corrected chi connectivity index (χ0v) is 16.0. The third kappa shape index (κ3) is 4.52. The van der Waals surface area contributed by atoms with Crippen LogP contribution < -0.4 is 10.2 Å². The van der Waals surface area contributed by atoms with Gasteiger partial charge in [0, 0.05) is 0 Å². The first kappa shape index (κ1) is 18.5. The predicted molar refractivity (Wildman–Crippen MR) is 113 cm³/mol. The Balaban J connectivity index is 1.40. The highest BCUT2D eigenvalue weighted by Crippen LogP contribution is 2.21. The van der Waals surface area contributed by atoms with Gasteiger partial charge in [-0.2, -0.15) is 5.10 Å². The molecule has 1 aromatic heterocycles. The Morgan fingerprint density at radius 2 is 1.86 bits per heavy atom. The highest BCUT2D eigenvalue weighted by atomic mass is 16.5. The molecule has 1 amide bonds. The number of rotatable bonds is 6. The molecule has 0 saturated heterocycles. The molecule has 5 nitrogen and oxygen atoms in total. The van der Waals surface area contributed by atoms with E-state index in [-0.39, 0.29) is 5.76 Å². The van der Waals surface area contributed by atoms with Gasteiger partial charge in [-0.1, -0.05) is 54.6 Å². The first-order valence-electron chi connectivity index (χ1n) is 9.28. The summed E-state index contributed by atoms with van der Waals surface area (Å²) in [6.45, 7) is 2.25. The molecule has 0 radical (unpaired) electrons. The van der Waals surface area contributed by atoms with Crippen LogP contribution >= 0.6 is 0 Å². The third-order valence-corrected chi connectivity index (χ3v) is 4.48. The van der Waals surface area contributed by atoms with Gasteiger partial charge in [0.25, 0.3) is 0 Å². The summed E-state index contributed by atoms with van der Waals surface area (Å²) in [5.41, 5.74) is 4.40. The molecule has 0 aliphatic heterocycles. The lowest BCUT2D eigenvalue weighted by Gasteiger charge is -2.09. The minimum absolute atomic E-state index is 0.229. The quantitative estimate of drug-likeness (QED) is 0.372. The number of fused-ring (bicyclic) bond motifs is 1. The minimum Gasteiger partial charge on any atom is -0.489 e. The lowest BCUT2D eigenvalue weighted by molar-refractivity contribution is 0.0926. The predicted octanol–water partition coefficient (Wildman–Crippen LogP) is 5.08. The number of benzene rings is 3. The van der Waals surface area contributed by atoms with Crippen molar-refractivity contribution in [3.8, 4) is 5.75 Å². The normalized spacial score (nSPS) is 11.1. The van der Waals surface area contributed by atoms with Crippen molar-refractivity contribution >= 4 is 22.9 Å². The third-order valence-electron chi connectivity index (χ3n) is 4.48. The van der Waals surface area contributed by atoms with Gasteiger partial charge in [-0.05, 0) is 53.1 Å². The fourth-order valence-corrected chi connectivity index (χ4v) is 3.04. The van der Waals surface area contributed by atoms with Gasteiger partial charge in [-0.15, -0.1) is 0 Å². The summed E-state index contributed by atoms with van der Waals surface area (Å²) in [4.78, 5) is 11.9. The summed E-state index contributed by atoms with van der Waals surface area (Å²) in [7, 11) is 0. The van der Waals surface area contributed by atoms with E-state index in [0.29, 0.717) is 12.4 Å². The molecule has 4 aromatic rings. The Morgan fingerprint density at radius 1 is 1.03 bits per heavy atom. The molecule has 144 valence electrons. The van der Waals surface area contributed by atoms with Crippen molar-refractivity contribution in [3.05, 3.63) is 102 Å². The summed E-state index contributed by atoms with van der Waals surface area (Å²) in [6, 6.07) is 25.3. The van der Waals surface area contributed by atoms with Crippen LogP contribution in [0.2, 0.25) is 0 Å². The number of hydrogen-bond acceptors (Lipinski definition) is 4. The summed E-state index contributed by atoms with van der Waals surface area (Å²) in [5.74, 6) is 1.24. The maximum Gasteiger partial charge on any atom is 0.307 e. The van der Waals surface area contributed by atoms with E-state index in [9.17, 15) is 4.79 Å². The average molecular weight is 384 g/mol. The van der Waals surface area contributed by atoms with E-state index in [1.807, 2.05) is 42.5 Å². The fourth-order valence-electron chi connectivity index (χ4n) is 3.04. The number of aryl methyl sites for hydroxylation is 1. The number of hydrogen-bond donors (Lipinski definition) is 1.